The molecule has 20 atom stereocenters. The molecule has 0 radical (unpaired) electrons. The number of aliphatic hydroxyl groups excluding tert-OH is 8. The highest BCUT2D eigenvalue weighted by Crippen LogP contribution is 2.45. The molecule has 1 amide bonds. The van der Waals surface area contributed by atoms with E-state index in [1.807, 2.05) is 74.4 Å². The standard InChI is InChI=1S/C48H67N7O18/c1-54(2)19-6-9-22-27(12-19)67-28-13-20(55(3)4)7-10-23(28)32(22)21-8-5-18(11-24(21)45(65)66)44(64)53-15-29-36(59)38(61)33(51)46(68-29)72-42-31(17-57)70-48(40(42)63)73-43-35(58)25(49)14-26(50)41(43)71-47-34(52)39(62)37(60)30(16-56)69-47/h5-13,25-27,29-31,33-43,46-48,56-63H,14-17,49-52H2,1-4H3,(H,53,64)(H,65,66)/t25-,26-,27?,29+,30+,31-,33-,34+,35-,36-,37-,38+,39-,40-,41-,42-,43-,46-,47-,48+/m1/s1. The number of likely N-dealkylation sites (N-methyl/N-ethyl adjacent to an activating group) is 1. The van der Waals surface area contributed by atoms with E-state index in [9.17, 15) is 55.5 Å². The summed E-state index contributed by atoms with van der Waals surface area (Å²) >= 11 is 0. The number of nitrogens with one attached hydrogen (secondary N) is 1. The molecule has 4 aliphatic heterocycles. The van der Waals surface area contributed by atoms with Crippen LogP contribution in [-0.4, -0.2) is 233 Å². The summed E-state index contributed by atoms with van der Waals surface area (Å²) in [6.45, 7) is -1.93. The molecule has 6 aliphatic rings. The van der Waals surface area contributed by atoms with Gasteiger partial charge in [0.05, 0.1) is 37.0 Å². The average molecular weight is 1030 g/mol. The van der Waals surface area contributed by atoms with E-state index < -0.39 is 154 Å². The lowest BCUT2D eigenvalue weighted by Crippen LogP contribution is -2.68. The number of hydrogen-bond donors (Lipinski definition) is 14. The highest BCUT2D eigenvalue weighted by molar-refractivity contribution is 6.03. The first-order chi connectivity index (χ1) is 34.6. The van der Waals surface area contributed by atoms with Crippen molar-refractivity contribution >= 4 is 23.1 Å². The van der Waals surface area contributed by atoms with Gasteiger partial charge in [0.2, 0.25) is 0 Å². The van der Waals surface area contributed by atoms with Crippen LogP contribution < -0.4 is 37.9 Å². The predicted octanol–water partition coefficient (Wildman–Crippen LogP) is -5.05. The van der Waals surface area contributed by atoms with E-state index in [0.29, 0.717) is 28.0 Å². The molecule has 73 heavy (non-hydrogen) atoms. The lowest BCUT2D eigenvalue weighted by Gasteiger charge is -2.47. The fourth-order valence-corrected chi connectivity index (χ4v) is 9.93. The van der Waals surface area contributed by atoms with Crippen molar-refractivity contribution < 1.29 is 88.7 Å². The predicted molar refractivity (Wildman–Crippen MR) is 255 cm³/mol. The molecule has 8 rings (SSSR count). The van der Waals surface area contributed by atoms with E-state index in [2.05, 4.69) is 5.32 Å². The van der Waals surface area contributed by atoms with Crippen LogP contribution >= 0.6 is 0 Å². The molecule has 2 aliphatic carbocycles. The summed E-state index contributed by atoms with van der Waals surface area (Å²) in [6, 6.07) is 5.13. The maximum absolute atomic E-state index is 13.8. The van der Waals surface area contributed by atoms with Crippen molar-refractivity contribution in [1.29, 1.82) is 0 Å². The number of aromatic carboxylic acids is 1. The number of fused-ring (bicyclic) bond motifs is 2. The summed E-state index contributed by atoms with van der Waals surface area (Å²) in [7, 11) is 7.59. The summed E-state index contributed by atoms with van der Waals surface area (Å²) < 4.78 is 42.0. The lowest BCUT2D eigenvalue weighted by atomic mass is 9.83. The van der Waals surface area contributed by atoms with Crippen molar-refractivity contribution in [1.82, 2.24) is 10.2 Å². The monoisotopic (exact) mass is 1030 g/mol. The minimum Gasteiger partial charge on any atom is -0.481 e. The number of allylic oxidation sites excluding steroid dienone is 1. The molecule has 0 spiro atoms. The van der Waals surface area contributed by atoms with E-state index in [0.717, 1.165) is 11.4 Å². The van der Waals surface area contributed by atoms with Crippen LogP contribution in [0.1, 0.15) is 38.3 Å². The third kappa shape index (κ3) is 10.8. The average Bonchev–Trinajstić information content (AvgIpc) is 3.66. The molecule has 25 nitrogen and oxygen atoms in total. The highest BCUT2D eigenvalue weighted by Gasteiger charge is 2.54. The van der Waals surface area contributed by atoms with Gasteiger partial charge in [-0.25, -0.2) is 4.79 Å². The highest BCUT2D eigenvalue weighted by atomic mass is 16.8. The van der Waals surface area contributed by atoms with E-state index in [1.54, 1.807) is 6.07 Å². The largest absolute Gasteiger partial charge is 0.481 e. The van der Waals surface area contributed by atoms with E-state index >= 15 is 0 Å². The van der Waals surface area contributed by atoms with Crippen LogP contribution in [-0.2, 0) is 28.4 Å². The van der Waals surface area contributed by atoms with Gasteiger partial charge in [0, 0.05) is 86.5 Å². The van der Waals surface area contributed by atoms with Crippen LogP contribution in [0.4, 0.5) is 5.69 Å². The Morgan fingerprint density at radius 2 is 1.27 bits per heavy atom. The molecule has 2 aromatic rings. The Morgan fingerprint density at radius 3 is 1.90 bits per heavy atom. The summed E-state index contributed by atoms with van der Waals surface area (Å²) in [4.78, 5) is 30.7. The molecule has 2 aromatic carbocycles. The number of carboxylic acids is 1. The number of carbonyl (C=O) groups is 2. The zero-order valence-electron chi connectivity index (χ0n) is 40.5. The second-order valence-corrected chi connectivity index (χ2v) is 19.5. The Kier molecular flexibility index (Phi) is 16.6. The van der Waals surface area contributed by atoms with Gasteiger partial charge < -0.3 is 117 Å². The van der Waals surface area contributed by atoms with E-state index in [-0.39, 0.29) is 17.5 Å². The maximum atomic E-state index is 13.8. The van der Waals surface area contributed by atoms with Crippen molar-refractivity contribution in [2.24, 2.45) is 22.9 Å². The molecular weight excluding hydrogens is 963 g/mol. The SMILES string of the molecule is CN(C)C1=CC2Oc3cc(N(C)C)ccc3C(c3ccc(C(=O)NC[C@@H]4O[C@H](O[C@H]5[C@@H](O)[C@H](O[C@@H]6[C@H](O)[C@H](N)C[C@@H](N)[C@H]6O[C@H]6O[C@@H](CO)[C@@H](O)[C@H](O)[C@@H]6N)O[C@@H]5CO)[C@H](N)[C@H](O)[C@@H]4O)cc3C(=O)O)=C2C=C1. The number of hydrogen-bond acceptors (Lipinski definition) is 23. The zero-order chi connectivity index (χ0) is 52.9. The summed E-state index contributed by atoms with van der Waals surface area (Å²) in [5.74, 6) is -1.52. The molecule has 1 unspecified atom stereocenters. The molecule has 1 saturated carbocycles. The van der Waals surface area contributed by atoms with Crippen molar-refractivity contribution in [3.05, 3.63) is 88.2 Å². The van der Waals surface area contributed by atoms with E-state index in [1.165, 1.54) is 12.1 Å². The topological polar surface area (TPSA) is 403 Å². The van der Waals surface area contributed by atoms with Gasteiger partial charge in [-0.3, -0.25) is 4.79 Å². The zero-order valence-corrected chi connectivity index (χ0v) is 40.5. The van der Waals surface area contributed by atoms with Crippen LogP contribution in [0, 0.1) is 0 Å². The van der Waals surface area contributed by atoms with Gasteiger partial charge in [-0.2, -0.15) is 0 Å². The molecule has 18 N–H and O–H groups in total. The van der Waals surface area contributed by atoms with Crippen LogP contribution in [0.15, 0.2) is 65.9 Å². The fraction of sp³-hybridized carbons (Fsp3) is 0.583. The number of benzene rings is 2. The van der Waals surface area contributed by atoms with Gasteiger partial charge >= 0.3 is 5.97 Å². The number of aliphatic hydroxyl groups is 8. The minimum absolute atomic E-state index is 0.00162. The number of anilines is 1. The first kappa shape index (κ1) is 54.5. The lowest BCUT2D eigenvalue weighted by molar-refractivity contribution is -0.310. The number of amides is 1. The summed E-state index contributed by atoms with van der Waals surface area (Å²) in [5.41, 5.74) is 28.8. The van der Waals surface area contributed by atoms with Gasteiger partial charge in [0.25, 0.3) is 5.91 Å². The third-order valence-corrected chi connectivity index (χ3v) is 14.2. The maximum Gasteiger partial charge on any atom is 0.336 e. The molecule has 3 saturated heterocycles. The van der Waals surface area contributed by atoms with Crippen LogP contribution in [0.25, 0.3) is 5.57 Å². The molecule has 25 heteroatoms. The molecule has 0 aromatic heterocycles. The first-order valence-corrected chi connectivity index (χ1v) is 23.8. The second-order valence-electron chi connectivity index (χ2n) is 19.5. The summed E-state index contributed by atoms with van der Waals surface area (Å²) in [6.07, 6.45) is -17.8. The molecular formula is C48H67N7O18. The van der Waals surface area contributed by atoms with Crippen molar-refractivity contribution in [3.63, 3.8) is 0 Å². The Bertz CT molecular complexity index is 2430. The smallest absolute Gasteiger partial charge is 0.336 e. The van der Waals surface area contributed by atoms with Gasteiger partial charge in [0.1, 0.15) is 79.0 Å². The number of ether oxygens (including phenoxy) is 7. The van der Waals surface area contributed by atoms with E-state index in [4.69, 9.17) is 56.1 Å². The van der Waals surface area contributed by atoms with Crippen LogP contribution in [0.3, 0.4) is 0 Å². The molecule has 4 fully saturated rings. The second kappa shape index (κ2) is 22.2. The minimum atomic E-state index is -1.78. The van der Waals surface area contributed by atoms with Gasteiger partial charge in [0.15, 0.2) is 18.9 Å². The molecule has 402 valence electrons. The molecule has 4 heterocycles. The van der Waals surface area contributed by atoms with Crippen molar-refractivity contribution in [2.45, 2.75) is 129 Å². The Hall–Kier alpha value is -4.72. The Labute approximate surface area is 419 Å². The fourth-order valence-electron chi connectivity index (χ4n) is 9.93. The van der Waals surface area contributed by atoms with Crippen LogP contribution in [0.5, 0.6) is 5.75 Å². The number of carbonyl (C=O) groups excluding carboxylic acids is 1. The summed E-state index contributed by atoms with van der Waals surface area (Å²) in [5, 5.41) is 99.1. The number of nitrogens with zero attached hydrogens (tertiary/aromatic N) is 2. The first-order valence-electron chi connectivity index (χ1n) is 23.8. The number of nitrogens with two attached hydrogens (primary N) is 4. The van der Waals surface area contributed by atoms with Crippen LogP contribution in [0.2, 0.25) is 0 Å². The Balaban J connectivity index is 0.965. The third-order valence-electron chi connectivity index (χ3n) is 14.2. The quantitative estimate of drug-likeness (QED) is 0.0794. The number of rotatable bonds is 15. The normalized spacial score (nSPS) is 38.2. The van der Waals surface area contributed by atoms with Gasteiger partial charge in [-0.1, -0.05) is 12.1 Å². The van der Waals surface area contributed by atoms with Gasteiger partial charge in [-0.05, 0) is 48.4 Å². The van der Waals surface area contributed by atoms with Crippen molar-refractivity contribution in [2.75, 3.05) is 52.8 Å². The van der Waals surface area contributed by atoms with Gasteiger partial charge in [-0.15, -0.1) is 0 Å². The van der Waals surface area contributed by atoms with Crippen molar-refractivity contribution in [3.8, 4) is 5.75 Å². The Morgan fingerprint density at radius 1 is 0.671 bits per heavy atom. The number of carboxylic acid groups (broad SMARTS) is 1. The molecule has 0 bridgehead atoms.